The van der Waals surface area contributed by atoms with Gasteiger partial charge in [0.15, 0.2) is 11.5 Å². The third-order valence-corrected chi connectivity index (χ3v) is 3.37. The van der Waals surface area contributed by atoms with Crippen molar-refractivity contribution in [2.75, 3.05) is 14.2 Å². The molecule has 1 heterocycles. The number of halogens is 3. The molecule has 0 bridgehead atoms. The first-order valence-electron chi connectivity index (χ1n) is 6.81. The van der Waals surface area contributed by atoms with Gasteiger partial charge in [-0.05, 0) is 13.0 Å². The lowest BCUT2D eigenvalue weighted by atomic mass is 10.1. The van der Waals surface area contributed by atoms with Crippen molar-refractivity contribution in [3.63, 3.8) is 0 Å². The lowest BCUT2D eigenvalue weighted by Gasteiger charge is -2.11. The van der Waals surface area contributed by atoms with Gasteiger partial charge in [-0.3, -0.25) is 4.79 Å². The SMILES string of the molecule is COc1cc2c(C(=O)C(F)(F)F)cn(C[C@H](C)N)c2cc1OC. The molecule has 1 atom stereocenters. The Morgan fingerprint density at radius 3 is 2.30 bits per heavy atom. The second-order valence-corrected chi connectivity index (χ2v) is 5.22. The topological polar surface area (TPSA) is 66.5 Å². The summed E-state index contributed by atoms with van der Waals surface area (Å²) in [5.41, 5.74) is 5.72. The average molecular weight is 330 g/mol. The van der Waals surface area contributed by atoms with E-state index in [1.54, 1.807) is 6.92 Å². The van der Waals surface area contributed by atoms with Gasteiger partial charge in [-0.2, -0.15) is 13.2 Å². The first kappa shape index (κ1) is 17.1. The van der Waals surface area contributed by atoms with E-state index in [4.69, 9.17) is 15.2 Å². The van der Waals surface area contributed by atoms with Crippen LogP contribution in [0, 0.1) is 0 Å². The zero-order chi connectivity index (χ0) is 17.4. The summed E-state index contributed by atoms with van der Waals surface area (Å²) in [6.07, 6.45) is -3.79. The standard InChI is InChI=1S/C15H17F3N2O3/c1-8(19)6-20-7-10(14(21)15(16,17)18)9-4-12(22-2)13(23-3)5-11(9)20/h4-5,7-8H,6,19H2,1-3H3/t8-/m0/s1. The number of aromatic nitrogens is 1. The van der Waals surface area contributed by atoms with Gasteiger partial charge in [0.25, 0.3) is 5.78 Å². The number of ether oxygens (including phenoxy) is 2. The summed E-state index contributed by atoms with van der Waals surface area (Å²) in [7, 11) is 2.79. The number of hydrogen-bond acceptors (Lipinski definition) is 4. The van der Waals surface area contributed by atoms with E-state index in [1.165, 1.54) is 37.1 Å². The molecule has 5 nitrogen and oxygen atoms in total. The Morgan fingerprint density at radius 1 is 1.26 bits per heavy atom. The van der Waals surface area contributed by atoms with Crippen LogP contribution in [0.15, 0.2) is 18.3 Å². The van der Waals surface area contributed by atoms with Crippen molar-refractivity contribution < 1.29 is 27.4 Å². The number of carbonyl (C=O) groups excluding carboxylic acids is 1. The van der Waals surface area contributed by atoms with Gasteiger partial charge in [-0.15, -0.1) is 0 Å². The molecule has 8 heteroatoms. The van der Waals surface area contributed by atoms with E-state index >= 15 is 0 Å². The van der Waals surface area contributed by atoms with Gasteiger partial charge in [0, 0.05) is 30.2 Å². The maximum atomic E-state index is 12.8. The number of carbonyl (C=O) groups is 1. The Morgan fingerprint density at radius 2 is 1.83 bits per heavy atom. The van der Waals surface area contributed by atoms with E-state index in [0.717, 1.165) is 0 Å². The first-order valence-corrected chi connectivity index (χ1v) is 6.81. The summed E-state index contributed by atoms with van der Waals surface area (Å²) in [6, 6.07) is 2.60. The summed E-state index contributed by atoms with van der Waals surface area (Å²) >= 11 is 0. The number of nitrogens with two attached hydrogens (primary N) is 1. The van der Waals surface area contributed by atoms with Crippen molar-refractivity contribution >= 4 is 16.7 Å². The third kappa shape index (κ3) is 3.26. The lowest BCUT2D eigenvalue weighted by molar-refractivity contribution is -0.0884. The molecule has 0 amide bonds. The quantitative estimate of drug-likeness (QED) is 0.856. The number of hydrogen-bond donors (Lipinski definition) is 1. The Bertz CT molecular complexity index is 736. The highest BCUT2D eigenvalue weighted by Crippen LogP contribution is 2.36. The van der Waals surface area contributed by atoms with Crippen LogP contribution in [0.25, 0.3) is 10.9 Å². The monoisotopic (exact) mass is 330 g/mol. The number of Topliss-reactive ketones (excluding diaryl/α,β-unsaturated/α-hetero) is 1. The molecule has 2 rings (SSSR count). The zero-order valence-electron chi connectivity index (χ0n) is 12.9. The molecular weight excluding hydrogens is 313 g/mol. The van der Waals surface area contributed by atoms with Crippen LogP contribution in [0.3, 0.4) is 0 Å². The van der Waals surface area contributed by atoms with E-state index in [0.29, 0.717) is 11.3 Å². The van der Waals surface area contributed by atoms with E-state index < -0.39 is 17.5 Å². The minimum Gasteiger partial charge on any atom is -0.493 e. The number of rotatable bonds is 5. The van der Waals surface area contributed by atoms with Crippen LogP contribution in [0.1, 0.15) is 17.3 Å². The number of benzene rings is 1. The molecule has 0 saturated carbocycles. The summed E-state index contributed by atoms with van der Waals surface area (Å²) in [5.74, 6) is -1.30. The number of methoxy groups -OCH3 is 2. The smallest absolute Gasteiger partial charge is 0.454 e. The van der Waals surface area contributed by atoms with Gasteiger partial charge in [-0.25, -0.2) is 0 Å². The minimum atomic E-state index is -4.96. The largest absolute Gasteiger partial charge is 0.493 e. The molecule has 2 N–H and O–H groups in total. The molecule has 0 radical (unpaired) electrons. The van der Waals surface area contributed by atoms with Crippen molar-refractivity contribution in [2.45, 2.75) is 25.7 Å². The lowest BCUT2D eigenvalue weighted by Crippen LogP contribution is -2.23. The highest BCUT2D eigenvalue weighted by atomic mass is 19.4. The summed E-state index contributed by atoms with van der Waals surface area (Å²) in [4.78, 5) is 11.7. The van der Waals surface area contributed by atoms with Crippen molar-refractivity contribution in [3.8, 4) is 11.5 Å². The van der Waals surface area contributed by atoms with Crippen LogP contribution in [-0.2, 0) is 6.54 Å². The van der Waals surface area contributed by atoms with Gasteiger partial charge < -0.3 is 19.8 Å². The van der Waals surface area contributed by atoms with E-state index in [-0.39, 0.29) is 23.7 Å². The predicted molar refractivity (Wildman–Crippen MR) is 79.1 cm³/mol. The van der Waals surface area contributed by atoms with Crippen LogP contribution in [-0.4, -0.2) is 36.8 Å². The zero-order valence-corrected chi connectivity index (χ0v) is 12.9. The number of fused-ring (bicyclic) bond motifs is 1. The Hall–Kier alpha value is -2.22. The third-order valence-electron chi connectivity index (χ3n) is 3.37. The maximum Gasteiger partial charge on any atom is 0.454 e. The maximum absolute atomic E-state index is 12.8. The molecule has 126 valence electrons. The molecule has 0 spiro atoms. The van der Waals surface area contributed by atoms with Gasteiger partial charge in [0.1, 0.15) is 0 Å². The molecule has 0 fully saturated rings. The van der Waals surface area contributed by atoms with E-state index in [1.807, 2.05) is 0 Å². The Kier molecular flexibility index (Phi) is 4.56. The molecule has 0 saturated heterocycles. The summed E-state index contributed by atoms with van der Waals surface area (Å²) < 4.78 is 50.3. The normalized spacial score (nSPS) is 13.2. The van der Waals surface area contributed by atoms with Crippen LogP contribution >= 0.6 is 0 Å². The van der Waals surface area contributed by atoms with Gasteiger partial charge in [0.05, 0.1) is 25.3 Å². The van der Waals surface area contributed by atoms with Crippen LogP contribution in [0.5, 0.6) is 11.5 Å². The molecule has 0 aliphatic rings. The van der Waals surface area contributed by atoms with Gasteiger partial charge >= 0.3 is 6.18 Å². The molecule has 23 heavy (non-hydrogen) atoms. The second-order valence-electron chi connectivity index (χ2n) is 5.22. The van der Waals surface area contributed by atoms with Crippen LogP contribution < -0.4 is 15.2 Å². The highest BCUT2D eigenvalue weighted by molar-refractivity contribution is 6.11. The predicted octanol–water partition coefficient (Wildman–Crippen LogP) is 2.75. The van der Waals surface area contributed by atoms with Crippen molar-refractivity contribution in [3.05, 3.63) is 23.9 Å². The number of ketones is 1. The van der Waals surface area contributed by atoms with E-state index in [9.17, 15) is 18.0 Å². The molecule has 1 aromatic heterocycles. The summed E-state index contributed by atoms with van der Waals surface area (Å²) in [6.45, 7) is 1.98. The Labute approximate surface area is 130 Å². The number of nitrogens with zero attached hydrogens (tertiary/aromatic N) is 1. The fourth-order valence-corrected chi connectivity index (χ4v) is 2.41. The fourth-order valence-electron chi connectivity index (χ4n) is 2.41. The molecule has 0 unspecified atom stereocenters. The first-order chi connectivity index (χ1) is 10.7. The molecule has 0 aliphatic heterocycles. The van der Waals surface area contributed by atoms with Gasteiger partial charge in [0.2, 0.25) is 0 Å². The van der Waals surface area contributed by atoms with Gasteiger partial charge in [-0.1, -0.05) is 0 Å². The molecule has 0 aliphatic carbocycles. The van der Waals surface area contributed by atoms with E-state index in [2.05, 4.69) is 0 Å². The molecule has 2 aromatic rings. The van der Waals surface area contributed by atoms with Crippen molar-refractivity contribution in [1.82, 2.24) is 4.57 Å². The Balaban J connectivity index is 2.74. The second kappa shape index (κ2) is 6.11. The molecule has 1 aromatic carbocycles. The summed E-state index contributed by atoms with van der Waals surface area (Å²) in [5, 5.41) is 0.144. The highest BCUT2D eigenvalue weighted by Gasteiger charge is 2.41. The van der Waals surface area contributed by atoms with Crippen LogP contribution in [0.4, 0.5) is 13.2 Å². The average Bonchev–Trinajstić information content (AvgIpc) is 2.80. The molecular formula is C15H17F3N2O3. The minimum absolute atomic E-state index is 0.144. The van der Waals surface area contributed by atoms with Crippen LogP contribution in [0.2, 0.25) is 0 Å². The van der Waals surface area contributed by atoms with Crippen molar-refractivity contribution in [2.24, 2.45) is 5.73 Å². The van der Waals surface area contributed by atoms with Crippen molar-refractivity contribution in [1.29, 1.82) is 0 Å². The number of alkyl halides is 3. The fraction of sp³-hybridized carbons (Fsp3) is 0.400.